The van der Waals surface area contributed by atoms with E-state index >= 15 is 0 Å². The number of ether oxygens (including phenoxy) is 2. The zero-order chi connectivity index (χ0) is 26.4. The lowest BCUT2D eigenvalue weighted by Gasteiger charge is -2.36. The van der Waals surface area contributed by atoms with Crippen LogP contribution in [-0.2, 0) is 9.53 Å². The summed E-state index contributed by atoms with van der Waals surface area (Å²) < 4.78 is 18.1. The standard InChI is InChI=1S/C28H27N5O5/c1-4-18-11-21(32-9-10-36-15-16(32)2)27(29-13-18)37-19-12-22(28(34)35)33(14-19)26-25-24(30-17(3)31-26)20-7-5-6-8-23(20)38-25/h1,5-8,11,13,16,19,22H,9-10,12,14-15H2,2-3H3,(H,34,35)/t16-,19-,22-/m0/s1. The van der Waals surface area contributed by atoms with Crippen molar-refractivity contribution in [1.29, 1.82) is 0 Å². The number of aryl methyl sites for hydroxylation is 1. The van der Waals surface area contributed by atoms with Gasteiger partial charge in [-0.2, -0.15) is 0 Å². The molecule has 2 aliphatic rings. The van der Waals surface area contributed by atoms with Gasteiger partial charge in [0.2, 0.25) is 5.88 Å². The van der Waals surface area contributed by atoms with E-state index in [1.54, 1.807) is 18.0 Å². The number of hydrogen-bond acceptors (Lipinski definition) is 9. The number of aliphatic carboxylic acids is 1. The minimum absolute atomic E-state index is 0.109. The Kier molecular flexibility index (Phi) is 6.00. The molecular weight excluding hydrogens is 486 g/mol. The molecular formula is C28H27N5O5. The van der Waals surface area contributed by atoms with E-state index in [2.05, 4.69) is 32.7 Å². The molecule has 0 amide bonds. The third kappa shape index (κ3) is 4.15. The Bertz CT molecular complexity index is 1580. The molecule has 1 aromatic carbocycles. The van der Waals surface area contributed by atoms with Gasteiger partial charge >= 0.3 is 5.97 Å². The summed E-state index contributed by atoms with van der Waals surface area (Å²) in [6, 6.07) is 8.73. The normalized spacial score (nSPS) is 21.7. The quantitative estimate of drug-likeness (QED) is 0.398. The molecule has 0 radical (unpaired) electrons. The van der Waals surface area contributed by atoms with Crippen molar-refractivity contribution in [3.8, 4) is 18.2 Å². The number of morpholine rings is 1. The molecule has 5 heterocycles. The van der Waals surface area contributed by atoms with E-state index in [0.717, 1.165) is 11.1 Å². The Morgan fingerprint density at radius 3 is 2.89 bits per heavy atom. The second kappa shape index (κ2) is 9.50. The van der Waals surface area contributed by atoms with Crippen LogP contribution >= 0.6 is 0 Å². The van der Waals surface area contributed by atoms with Crippen LogP contribution in [0.1, 0.15) is 24.7 Å². The van der Waals surface area contributed by atoms with Crippen molar-refractivity contribution in [2.75, 3.05) is 36.1 Å². The van der Waals surface area contributed by atoms with E-state index in [1.165, 1.54) is 0 Å². The molecule has 0 unspecified atom stereocenters. The molecule has 2 fully saturated rings. The van der Waals surface area contributed by atoms with Crippen LogP contribution in [0.15, 0.2) is 40.9 Å². The molecule has 1 N–H and O–H groups in total. The largest absolute Gasteiger partial charge is 0.480 e. The molecule has 6 rings (SSSR count). The second-order valence-corrected chi connectivity index (χ2v) is 9.66. The van der Waals surface area contributed by atoms with Crippen LogP contribution in [0.2, 0.25) is 0 Å². The first-order valence-corrected chi connectivity index (χ1v) is 12.6. The van der Waals surface area contributed by atoms with Crippen molar-refractivity contribution < 1.29 is 23.8 Å². The number of furan rings is 1. The maximum Gasteiger partial charge on any atom is 0.326 e. The van der Waals surface area contributed by atoms with Gasteiger partial charge in [0.05, 0.1) is 19.8 Å². The van der Waals surface area contributed by atoms with Gasteiger partial charge in [-0.15, -0.1) is 6.42 Å². The van der Waals surface area contributed by atoms with Gasteiger partial charge in [0.15, 0.2) is 11.4 Å². The van der Waals surface area contributed by atoms with Gasteiger partial charge in [0.25, 0.3) is 0 Å². The predicted octanol–water partition coefficient (Wildman–Crippen LogP) is 3.40. The third-order valence-corrected chi connectivity index (χ3v) is 7.09. The number of rotatable bonds is 5. The number of terminal acetylenes is 1. The first kappa shape index (κ1) is 24.0. The van der Waals surface area contributed by atoms with Gasteiger partial charge in [-0.1, -0.05) is 18.1 Å². The molecule has 0 spiro atoms. The minimum Gasteiger partial charge on any atom is -0.480 e. The van der Waals surface area contributed by atoms with E-state index in [-0.39, 0.29) is 19.0 Å². The predicted molar refractivity (Wildman–Crippen MR) is 142 cm³/mol. The van der Waals surface area contributed by atoms with Gasteiger partial charge in [-0.25, -0.2) is 19.7 Å². The van der Waals surface area contributed by atoms with Gasteiger partial charge in [0, 0.05) is 36.2 Å². The van der Waals surface area contributed by atoms with E-state index in [4.69, 9.17) is 20.3 Å². The maximum absolute atomic E-state index is 12.4. The van der Waals surface area contributed by atoms with Gasteiger partial charge in [0.1, 0.15) is 34.8 Å². The molecule has 10 heteroatoms. The summed E-state index contributed by atoms with van der Waals surface area (Å²) in [6.45, 7) is 5.99. The lowest BCUT2D eigenvalue weighted by atomic mass is 10.2. The highest BCUT2D eigenvalue weighted by molar-refractivity contribution is 6.06. The first-order chi connectivity index (χ1) is 18.4. The van der Waals surface area contributed by atoms with Crippen LogP contribution in [0.4, 0.5) is 11.5 Å². The van der Waals surface area contributed by atoms with Crippen molar-refractivity contribution in [3.63, 3.8) is 0 Å². The molecule has 2 aliphatic heterocycles. The number of anilines is 2. The van der Waals surface area contributed by atoms with Crippen LogP contribution in [0.3, 0.4) is 0 Å². The van der Waals surface area contributed by atoms with Crippen molar-refractivity contribution in [2.24, 2.45) is 0 Å². The van der Waals surface area contributed by atoms with Crippen molar-refractivity contribution in [1.82, 2.24) is 15.0 Å². The Morgan fingerprint density at radius 2 is 2.11 bits per heavy atom. The number of fused-ring (bicyclic) bond motifs is 3. The summed E-state index contributed by atoms with van der Waals surface area (Å²) in [4.78, 5) is 30.0. The average molecular weight is 514 g/mol. The van der Waals surface area contributed by atoms with Crippen molar-refractivity contribution >= 4 is 39.5 Å². The van der Waals surface area contributed by atoms with Crippen LogP contribution in [0.25, 0.3) is 22.1 Å². The average Bonchev–Trinajstić information content (AvgIpc) is 3.51. The summed E-state index contributed by atoms with van der Waals surface area (Å²) >= 11 is 0. The molecule has 2 saturated heterocycles. The molecule has 3 aromatic heterocycles. The lowest BCUT2D eigenvalue weighted by Crippen LogP contribution is -2.44. The summed E-state index contributed by atoms with van der Waals surface area (Å²) in [5.41, 5.74) is 3.21. The van der Waals surface area contributed by atoms with Crippen LogP contribution in [-0.4, -0.2) is 70.5 Å². The second-order valence-electron chi connectivity index (χ2n) is 9.66. The molecule has 38 heavy (non-hydrogen) atoms. The van der Waals surface area contributed by atoms with Gasteiger partial charge in [-0.05, 0) is 32.0 Å². The fourth-order valence-electron chi connectivity index (χ4n) is 5.29. The first-order valence-electron chi connectivity index (χ1n) is 12.6. The monoisotopic (exact) mass is 513 g/mol. The van der Waals surface area contributed by atoms with Crippen molar-refractivity contribution in [3.05, 3.63) is 47.9 Å². The number of carboxylic acids is 1. The van der Waals surface area contributed by atoms with E-state index in [1.807, 2.05) is 30.3 Å². The SMILES string of the molecule is C#Cc1cnc(O[C@H]2C[C@@H](C(=O)O)N(c3nc(C)nc4c3oc3ccccc34)C2)c(N2CCOC[C@@H]2C)c1. The summed E-state index contributed by atoms with van der Waals surface area (Å²) in [6.07, 6.45) is 7.04. The molecule has 0 bridgehead atoms. The summed E-state index contributed by atoms with van der Waals surface area (Å²) in [7, 11) is 0. The molecule has 0 aliphatic carbocycles. The summed E-state index contributed by atoms with van der Waals surface area (Å²) in [5, 5.41) is 11.0. The lowest BCUT2D eigenvalue weighted by molar-refractivity contribution is -0.138. The van der Waals surface area contributed by atoms with Crippen molar-refractivity contribution in [2.45, 2.75) is 38.5 Å². The smallest absolute Gasteiger partial charge is 0.326 e. The number of nitrogens with zero attached hydrogens (tertiary/aromatic N) is 5. The Morgan fingerprint density at radius 1 is 1.26 bits per heavy atom. The van der Waals surface area contributed by atoms with Gasteiger partial charge < -0.3 is 28.8 Å². The third-order valence-electron chi connectivity index (χ3n) is 7.09. The Balaban J connectivity index is 1.36. The zero-order valence-corrected chi connectivity index (χ0v) is 21.1. The highest BCUT2D eigenvalue weighted by Crippen LogP contribution is 2.38. The van der Waals surface area contributed by atoms with E-state index < -0.39 is 18.1 Å². The molecule has 10 nitrogen and oxygen atoms in total. The van der Waals surface area contributed by atoms with Crippen LogP contribution in [0.5, 0.6) is 5.88 Å². The number of para-hydroxylation sites is 1. The highest BCUT2D eigenvalue weighted by Gasteiger charge is 2.41. The maximum atomic E-state index is 12.4. The van der Waals surface area contributed by atoms with E-state index in [0.29, 0.717) is 59.5 Å². The Hall–Kier alpha value is -4.36. The zero-order valence-electron chi connectivity index (χ0n) is 21.1. The number of carbonyl (C=O) groups is 1. The molecule has 194 valence electrons. The number of pyridine rings is 1. The molecule has 0 saturated carbocycles. The fraction of sp³-hybridized carbons (Fsp3) is 0.357. The molecule has 3 atom stereocenters. The highest BCUT2D eigenvalue weighted by atomic mass is 16.5. The van der Waals surface area contributed by atoms with Crippen LogP contribution < -0.4 is 14.5 Å². The minimum atomic E-state index is -0.964. The van der Waals surface area contributed by atoms with E-state index in [9.17, 15) is 9.90 Å². The summed E-state index contributed by atoms with van der Waals surface area (Å²) in [5.74, 6) is 3.07. The van der Waals surface area contributed by atoms with Crippen LogP contribution in [0, 0.1) is 19.3 Å². The fourth-order valence-corrected chi connectivity index (χ4v) is 5.29. The number of aromatic nitrogens is 3. The molecule has 4 aromatic rings. The number of benzene rings is 1. The van der Waals surface area contributed by atoms with Gasteiger partial charge in [-0.3, -0.25) is 0 Å². The number of carboxylic acid groups (broad SMARTS) is 1. The Labute approximate surface area is 219 Å². The topological polar surface area (TPSA) is 114 Å². The number of hydrogen-bond donors (Lipinski definition) is 1.